The van der Waals surface area contributed by atoms with Crippen LogP contribution in [0.1, 0.15) is 21.3 Å². The minimum Gasteiger partial charge on any atom is -0.494 e. The number of aliphatic hydroxyl groups excluding tert-OH is 1. The van der Waals surface area contributed by atoms with E-state index in [0.29, 0.717) is 0 Å². The first-order chi connectivity index (χ1) is 9.61. The van der Waals surface area contributed by atoms with E-state index in [4.69, 9.17) is 4.74 Å². The van der Waals surface area contributed by atoms with E-state index >= 15 is 0 Å². The average Bonchev–Trinajstić information content (AvgIpc) is 2.98. The number of thiophene rings is 1. The Kier molecular flexibility index (Phi) is 4.70. The molecule has 1 heterocycles. The van der Waals surface area contributed by atoms with Gasteiger partial charge in [0.1, 0.15) is 6.10 Å². The number of aliphatic hydroxyl groups is 1. The molecule has 2 aromatic rings. The van der Waals surface area contributed by atoms with Crippen molar-refractivity contribution < 1.29 is 19.0 Å². The predicted molar refractivity (Wildman–Crippen MR) is 74.6 cm³/mol. The molecule has 106 valence electrons. The largest absolute Gasteiger partial charge is 0.494 e. The van der Waals surface area contributed by atoms with Gasteiger partial charge in [-0.15, -0.1) is 11.3 Å². The maximum atomic E-state index is 13.5. The monoisotopic (exact) mass is 295 g/mol. The van der Waals surface area contributed by atoms with Crippen molar-refractivity contribution in [3.05, 3.63) is 52.0 Å². The van der Waals surface area contributed by atoms with Crippen molar-refractivity contribution in [1.29, 1.82) is 0 Å². The first-order valence-corrected chi connectivity index (χ1v) is 6.83. The Morgan fingerprint density at radius 3 is 2.90 bits per heavy atom. The van der Waals surface area contributed by atoms with Gasteiger partial charge in [0, 0.05) is 17.0 Å². The molecule has 0 aliphatic rings. The molecule has 1 amide bonds. The summed E-state index contributed by atoms with van der Waals surface area (Å²) < 4.78 is 18.3. The van der Waals surface area contributed by atoms with Crippen LogP contribution in [-0.2, 0) is 0 Å². The second-order valence-electron chi connectivity index (χ2n) is 4.09. The predicted octanol–water partition coefficient (Wildman–Crippen LogP) is 2.36. The number of benzene rings is 1. The number of ether oxygens (including phenoxy) is 1. The second-order valence-corrected chi connectivity index (χ2v) is 5.07. The second kappa shape index (κ2) is 6.49. The standard InChI is InChI=1S/C14H14FNO3S/c1-19-12-5-4-9(7-10(12)15)14(18)16-8-11(17)13-3-2-6-20-13/h2-7,11,17H,8H2,1H3,(H,16,18)/t11-/m0/s1. The summed E-state index contributed by atoms with van der Waals surface area (Å²) in [5.41, 5.74) is 0.182. The summed E-state index contributed by atoms with van der Waals surface area (Å²) in [6.45, 7) is 0.0764. The zero-order chi connectivity index (χ0) is 14.5. The summed E-state index contributed by atoms with van der Waals surface area (Å²) in [6, 6.07) is 7.57. The van der Waals surface area contributed by atoms with Crippen LogP contribution in [0.15, 0.2) is 35.7 Å². The van der Waals surface area contributed by atoms with Gasteiger partial charge in [-0.05, 0) is 29.6 Å². The molecule has 0 unspecified atom stereocenters. The van der Waals surface area contributed by atoms with Gasteiger partial charge in [0.05, 0.1) is 7.11 Å². The summed E-state index contributed by atoms with van der Waals surface area (Å²) in [4.78, 5) is 12.6. The molecule has 0 spiro atoms. The third-order valence-electron chi connectivity index (χ3n) is 2.74. The van der Waals surface area contributed by atoms with Crippen LogP contribution in [0.5, 0.6) is 5.75 Å². The van der Waals surface area contributed by atoms with Crippen molar-refractivity contribution in [2.24, 2.45) is 0 Å². The molecule has 0 bridgehead atoms. The number of hydrogen-bond acceptors (Lipinski definition) is 4. The molecule has 1 atom stereocenters. The highest BCUT2D eigenvalue weighted by atomic mass is 32.1. The van der Waals surface area contributed by atoms with Crippen molar-refractivity contribution in [3.63, 3.8) is 0 Å². The van der Waals surface area contributed by atoms with Gasteiger partial charge in [-0.2, -0.15) is 0 Å². The van der Waals surface area contributed by atoms with E-state index in [-0.39, 0.29) is 17.9 Å². The van der Waals surface area contributed by atoms with Gasteiger partial charge < -0.3 is 15.2 Å². The molecule has 0 fully saturated rings. The summed E-state index contributed by atoms with van der Waals surface area (Å²) in [5, 5.41) is 14.3. The van der Waals surface area contributed by atoms with Crippen molar-refractivity contribution >= 4 is 17.2 Å². The molecule has 0 saturated carbocycles. The van der Waals surface area contributed by atoms with Crippen LogP contribution in [0.3, 0.4) is 0 Å². The van der Waals surface area contributed by atoms with Gasteiger partial charge in [0.15, 0.2) is 11.6 Å². The molecular weight excluding hydrogens is 281 g/mol. The quantitative estimate of drug-likeness (QED) is 0.890. The Morgan fingerprint density at radius 1 is 1.50 bits per heavy atom. The van der Waals surface area contributed by atoms with Gasteiger partial charge >= 0.3 is 0 Å². The minimum atomic E-state index is -0.762. The number of halogens is 1. The maximum absolute atomic E-state index is 13.5. The lowest BCUT2D eigenvalue weighted by Crippen LogP contribution is -2.28. The van der Waals surface area contributed by atoms with E-state index in [2.05, 4.69) is 5.32 Å². The van der Waals surface area contributed by atoms with Gasteiger partial charge in [0.25, 0.3) is 5.91 Å². The fraction of sp³-hybridized carbons (Fsp3) is 0.214. The van der Waals surface area contributed by atoms with Crippen molar-refractivity contribution in [2.45, 2.75) is 6.10 Å². The molecule has 0 aliphatic carbocycles. The molecule has 1 aromatic heterocycles. The van der Waals surface area contributed by atoms with Crippen LogP contribution < -0.4 is 10.1 Å². The topological polar surface area (TPSA) is 58.6 Å². The number of nitrogens with one attached hydrogen (secondary N) is 1. The lowest BCUT2D eigenvalue weighted by molar-refractivity contribution is 0.0917. The fourth-order valence-electron chi connectivity index (χ4n) is 1.68. The molecule has 2 rings (SSSR count). The SMILES string of the molecule is COc1ccc(C(=O)NC[C@H](O)c2cccs2)cc1F. The maximum Gasteiger partial charge on any atom is 0.251 e. The number of rotatable bonds is 5. The van der Waals surface area contributed by atoms with E-state index in [1.54, 1.807) is 6.07 Å². The third kappa shape index (κ3) is 3.34. The molecule has 6 heteroatoms. The van der Waals surface area contributed by atoms with E-state index in [9.17, 15) is 14.3 Å². The molecule has 20 heavy (non-hydrogen) atoms. The Labute approximate surface area is 119 Å². The zero-order valence-corrected chi connectivity index (χ0v) is 11.6. The van der Waals surface area contributed by atoms with Gasteiger partial charge in [0.2, 0.25) is 0 Å². The Bertz CT molecular complexity index is 586. The molecule has 0 radical (unpaired) electrons. The fourth-order valence-corrected chi connectivity index (χ4v) is 2.39. The van der Waals surface area contributed by atoms with Crippen LogP contribution in [0.2, 0.25) is 0 Å². The molecule has 1 aromatic carbocycles. The number of amides is 1. The van der Waals surface area contributed by atoms with Crippen LogP contribution in [-0.4, -0.2) is 24.7 Å². The van der Waals surface area contributed by atoms with E-state index in [1.165, 1.54) is 30.6 Å². The summed E-state index contributed by atoms with van der Waals surface area (Å²) in [7, 11) is 1.36. The number of hydrogen-bond donors (Lipinski definition) is 2. The molecule has 0 aliphatic heterocycles. The highest BCUT2D eigenvalue weighted by molar-refractivity contribution is 7.10. The molecular formula is C14H14FNO3S. The highest BCUT2D eigenvalue weighted by Crippen LogP contribution is 2.19. The van der Waals surface area contributed by atoms with Crippen molar-refractivity contribution in [3.8, 4) is 5.75 Å². The first-order valence-electron chi connectivity index (χ1n) is 5.95. The van der Waals surface area contributed by atoms with Gasteiger partial charge in [-0.3, -0.25) is 4.79 Å². The normalized spacial score (nSPS) is 11.9. The van der Waals surface area contributed by atoms with Gasteiger partial charge in [-0.1, -0.05) is 6.07 Å². The van der Waals surface area contributed by atoms with Crippen LogP contribution in [0, 0.1) is 5.82 Å². The third-order valence-corrected chi connectivity index (χ3v) is 3.72. The summed E-state index contributed by atoms with van der Waals surface area (Å²) in [5.74, 6) is -0.957. The first kappa shape index (κ1) is 14.5. The smallest absolute Gasteiger partial charge is 0.251 e. The molecule has 2 N–H and O–H groups in total. The zero-order valence-electron chi connectivity index (χ0n) is 10.8. The van der Waals surface area contributed by atoms with Gasteiger partial charge in [-0.25, -0.2) is 4.39 Å². The van der Waals surface area contributed by atoms with E-state index in [0.717, 1.165) is 10.9 Å². The van der Waals surface area contributed by atoms with Crippen LogP contribution >= 0.6 is 11.3 Å². The number of methoxy groups -OCH3 is 1. The number of carbonyl (C=O) groups is 1. The molecule has 4 nitrogen and oxygen atoms in total. The minimum absolute atomic E-state index is 0.0764. The van der Waals surface area contributed by atoms with E-state index in [1.807, 2.05) is 11.4 Å². The summed E-state index contributed by atoms with van der Waals surface area (Å²) >= 11 is 1.41. The summed E-state index contributed by atoms with van der Waals surface area (Å²) in [6.07, 6.45) is -0.762. The van der Waals surface area contributed by atoms with E-state index < -0.39 is 17.8 Å². The Balaban J connectivity index is 1.96. The molecule has 0 saturated heterocycles. The lowest BCUT2D eigenvalue weighted by atomic mass is 10.2. The Morgan fingerprint density at radius 2 is 2.30 bits per heavy atom. The Hall–Kier alpha value is -1.92. The van der Waals surface area contributed by atoms with Crippen LogP contribution in [0.4, 0.5) is 4.39 Å². The average molecular weight is 295 g/mol. The highest BCUT2D eigenvalue weighted by Gasteiger charge is 2.13. The van der Waals surface area contributed by atoms with Crippen molar-refractivity contribution in [1.82, 2.24) is 5.32 Å². The number of carbonyl (C=O) groups excluding carboxylic acids is 1. The lowest BCUT2D eigenvalue weighted by Gasteiger charge is -2.10. The van der Waals surface area contributed by atoms with Crippen LogP contribution in [0.25, 0.3) is 0 Å². The van der Waals surface area contributed by atoms with Crippen molar-refractivity contribution in [2.75, 3.05) is 13.7 Å².